The van der Waals surface area contributed by atoms with Gasteiger partial charge in [0.05, 0.1) is 6.42 Å². The standard InChI is InChI=1S/C20H15N3O2/c24-18(13-14-5-2-1-3-6-14)22-16-10-8-15(9-11-16)20-23-19-17(25-20)7-4-12-21-19/h1-12H,13H2,(H,22,24). The van der Waals surface area contributed by atoms with Gasteiger partial charge in [-0.05, 0) is 42.0 Å². The summed E-state index contributed by atoms with van der Waals surface area (Å²) in [5.74, 6) is 0.459. The van der Waals surface area contributed by atoms with E-state index in [0.717, 1.165) is 16.8 Å². The Labute approximate surface area is 144 Å². The Bertz CT molecular complexity index is 975. The SMILES string of the molecule is O=C(Cc1ccccc1)Nc1ccc(-c2nc3ncccc3o2)cc1. The maximum Gasteiger partial charge on any atom is 0.228 e. The van der Waals surface area contributed by atoms with Gasteiger partial charge in [0.15, 0.2) is 11.2 Å². The Hall–Kier alpha value is -3.47. The van der Waals surface area contributed by atoms with Gasteiger partial charge >= 0.3 is 0 Å². The van der Waals surface area contributed by atoms with Crippen LogP contribution in [0.4, 0.5) is 5.69 Å². The molecule has 4 rings (SSSR count). The first-order chi connectivity index (χ1) is 12.3. The molecule has 0 atom stereocenters. The number of oxazole rings is 1. The summed E-state index contributed by atoms with van der Waals surface area (Å²) in [6.07, 6.45) is 2.03. The van der Waals surface area contributed by atoms with Gasteiger partial charge in [0.2, 0.25) is 11.8 Å². The van der Waals surface area contributed by atoms with Crippen LogP contribution in [-0.4, -0.2) is 15.9 Å². The Morgan fingerprint density at radius 2 is 1.76 bits per heavy atom. The minimum Gasteiger partial charge on any atom is -0.434 e. The van der Waals surface area contributed by atoms with E-state index in [-0.39, 0.29) is 5.91 Å². The Morgan fingerprint density at radius 1 is 0.960 bits per heavy atom. The average Bonchev–Trinajstić information content (AvgIpc) is 3.07. The molecule has 2 aromatic carbocycles. The quantitative estimate of drug-likeness (QED) is 0.613. The molecular formula is C20H15N3O2. The van der Waals surface area contributed by atoms with Gasteiger partial charge in [0.1, 0.15) is 0 Å². The fraction of sp³-hybridized carbons (Fsp3) is 0.0500. The lowest BCUT2D eigenvalue weighted by Crippen LogP contribution is -2.14. The van der Waals surface area contributed by atoms with Crippen molar-refractivity contribution in [2.24, 2.45) is 0 Å². The molecule has 1 amide bonds. The number of carbonyl (C=O) groups is 1. The summed E-state index contributed by atoms with van der Waals surface area (Å²) < 4.78 is 5.69. The number of hydrogen-bond donors (Lipinski definition) is 1. The van der Waals surface area contributed by atoms with Crippen LogP contribution in [0.1, 0.15) is 5.56 Å². The van der Waals surface area contributed by atoms with Crippen molar-refractivity contribution in [1.82, 2.24) is 9.97 Å². The molecule has 25 heavy (non-hydrogen) atoms. The van der Waals surface area contributed by atoms with E-state index in [1.165, 1.54) is 0 Å². The number of aromatic nitrogens is 2. The van der Waals surface area contributed by atoms with Gasteiger partial charge < -0.3 is 9.73 Å². The normalized spacial score (nSPS) is 10.7. The summed E-state index contributed by atoms with van der Waals surface area (Å²) in [7, 11) is 0. The molecular weight excluding hydrogens is 314 g/mol. The van der Waals surface area contributed by atoms with Crippen LogP contribution >= 0.6 is 0 Å². The van der Waals surface area contributed by atoms with Crippen LogP contribution in [0.25, 0.3) is 22.7 Å². The third-order valence-electron chi connectivity index (χ3n) is 3.79. The monoisotopic (exact) mass is 329 g/mol. The van der Waals surface area contributed by atoms with Crippen molar-refractivity contribution in [2.45, 2.75) is 6.42 Å². The van der Waals surface area contributed by atoms with Gasteiger partial charge in [-0.25, -0.2) is 4.98 Å². The molecule has 2 heterocycles. The third kappa shape index (κ3) is 3.40. The number of nitrogens with zero attached hydrogens (tertiary/aromatic N) is 2. The van der Waals surface area contributed by atoms with E-state index in [1.54, 1.807) is 6.20 Å². The summed E-state index contributed by atoms with van der Waals surface area (Å²) in [5, 5.41) is 2.89. The second kappa shape index (κ2) is 6.57. The molecule has 0 saturated carbocycles. The van der Waals surface area contributed by atoms with E-state index in [9.17, 15) is 4.79 Å². The number of amides is 1. The Morgan fingerprint density at radius 3 is 2.52 bits per heavy atom. The van der Waals surface area contributed by atoms with Gasteiger partial charge in [-0.1, -0.05) is 30.3 Å². The zero-order chi connectivity index (χ0) is 17.1. The maximum absolute atomic E-state index is 12.1. The van der Waals surface area contributed by atoms with Crippen molar-refractivity contribution >= 4 is 22.8 Å². The first-order valence-corrected chi connectivity index (χ1v) is 7.94. The fourth-order valence-electron chi connectivity index (χ4n) is 2.58. The predicted molar refractivity (Wildman–Crippen MR) is 96.0 cm³/mol. The lowest BCUT2D eigenvalue weighted by atomic mass is 10.1. The van der Waals surface area contributed by atoms with Crippen LogP contribution in [0.15, 0.2) is 77.3 Å². The molecule has 0 radical (unpaired) electrons. The van der Waals surface area contributed by atoms with E-state index in [2.05, 4.69) is 15.3 Å². The first-order valence-electron chi connectivity index (χ1n) is 7.94. The maximum atomic E-state index is 12.1. The van der Waals surface area contributed by atoms with Gasteiger partial charge in [-0.2, -0.15) is 4.98 Å². The molecule has 1 N–H and O–H groups in total. The number of rotatable bonds is 4. The highest BCUT2D eigenvalue weighted by Gasteiger charge is 2.09. The van der Waals surface area contributed by atoms with Crippen molar-refractivity contribution in [3.8, 4) is 11.5 Å². The van der Waals surface area contributed by atoms with E-state index >= 15 is 0 Å². The molecule has 0 aliphatic rings. The highest BCUT2D eigenvalue weighted by atomic mass is 16.3. The molecule has 0 fully saturated rings. The number of fused-ring (bicyclic) bond motifs is 1. The minimum absolute atomic E-state index is 0.0509. The van der Waals surface area contributed by atoms with Gasteiger partial charge in [-0.15, -0.1) is 0 Å². The minimum atomic E-state index is -0.0509. The topological polar surface area (TPSA) is 68.0 Å². The van der Waals surface area contributed by atoms with Crippen LogP contribution in [0, 0.1) is 0 Å². The summed E-state index contributed by atoms with van der Waals surface area (Å²) in [5.41, 5.74) is 3.78. The summed E-state index contributed by atoms with van der Waals surface area (Å²) >= 11 is 0. The third-order valence-corrected chi connectivity index (χ3v) is 3.79. The van der Waals surface area contributed by atoms with E-state index < -0.39 is 0 Å². The number of anilines is 1. The van der Waals surface area contributed by atoms with Crippen LogP contribution in [-0.2, 0) is 11.2 Å². The number of nitrogens with one attached hydrogen (secondary N) is 1. The molecule has 122 valence electrons. The molecule has 0 bridgehead atoms. The van der Waals surface area contributed by atoms with Crippen molar-refractivity contribution in [3.05, 3.63) is 78.5 Å². The smallest absolute Gasteiger partial charge is 0.228 e. The van der Waals surface area contributed by atoms with E-state index in [1.807, 2.05) is 66.7 Å². The number of benzene rings is 2. The Kier molecular flexibility index (Phi) is 3.96. The van der Waals surface area contributed by atoms with Crippen LogP contribution in [0.5, 0.6) is 0 Å². The van der Waals surface area contributed by atoms with Gasteiger partial charge in [0, 0.05) is 17.4 Å². The number of carbonyl (C=O) groups excluding carboxylic acids is 1. The second-order valence-corrected chi connectivity index (χ2v) is 5.63. The lowest BCUT2D eigenvalue weighted by molar-refractivity contribution is -0.115. The summed E-state index contributed by atoms with van der Waals surface area (Å²) in [6.45, 7) is 0. The zero-order valence-corrected chi connectivity index (χ0v) is 13.3. The van der Waals surface area contributed by atoms with Crippen LogP contribution < -0.4 is 5.32 Å². The predicted octanol–water partition coefficient (Wildman–Crippen LogP) is 4.07. The van der Waals surface area contributed by atoms with Crippen LogP contribution in [0.3, 0.4) is 0 Å². The lowest BCUT2D eigenvalue weighted by Gasteiger charge is -2.06. The number of pyridine rings is 1. The molecule has 2 aromatic heterocycles. The summed E-state index contributed by atoms with van der Waals surface area (Å²) in [4.78, 5) is 20.6. The van der Waals surface area contributed by atoms with Gasteiger partial charge in [0.25, 0.3) is 0 Å². The molecule has 0 aliphatic heterocycles. The number of hydrogen-bond acceptors (Lipinski definition) is 4. The molecule has 0 spiro atoms. The first kappa shape index (κ1) is 15.1. The van der Waals surface area contributed by atoms with Crippen molar-refractivity contribution in [3.63, 3.8) is 0 Å². The highest BCUT2D eigenvalue weighted by Crippen LogP contribution is 2.24. The van der Waals surface area contributed by atoms with Crippen molar-refractivity contribution in [2.75, 3.05) is 5.32 Å². The fourth-order valence-corrected chi connectivity index (χ4v) is 2.58. The largest absolute Gasteiger partial charge is 0.434 e. The van der Waals surface area contributed by atoms with E-state index in [4.69, 9.17) is 4.42 Å². The highest BCUT2D eigenvalue weighted by molar-refractivity contribution is 5.92. The van der Waals surface area contributed by atoms with Crippen molar-refractivity contribution < 1.29 is 9.21 Å². The molecule has 5 heteroatoms. The molecule has 0 saturated heterocycles. The van der Waals surface area contributed by atoms with Crippen molar-refractivity contribution in [1.29, 1.82) is 0 Å². The molecule has 0 unspecified atom stereocenters. The second-order valence-electron chi connectivity index (χ2n) is 5.63. The van der Waals surface area contributed by atoms with E-state index in [0.29, 0.717) is 23.5 Å². The Balaban J connectivity index is 1.47. The van der Waals surface area contributed by atoms with Crippen LogP contribution in [0.2, 0.25) is 0 Å². The molecule has 5 nitrogen and oxygen atoms in total. The van der Waals surface area contributed by atoms with Gasteiger partial charge in [-0.3, -0.25) is 4.79 Å². The molecule has 4 aromatic rings. The zero-order valence-electron chi connectivity index (χ0n) is 13.3. The molecule has 0 aliphatic carbocycles. The average molecular weight is 329 g/mol. The summed E-state index contributed by atoms with van der Waals surface area (Å²) in [6, 6.07) is 20.7.